The summed E-state index contributed by atoms with van der Waals surface area (Å²) in [7, 11) is 3.09. The number of methoxy groups -OCH3 is 2. The van der Waals surface area contributed by atoms with Gasteiger partial charge in [-0.05, 0) is 53.5 Å². The summed E-state index contributed by atoms with van der Waals surface area (Å²) >= 11 is 6.65. The van der Waals surface area contributed by atoms with Gasteiger partial charge in [0.15, 0.2) is 0 Å². The summed E-state index contributed by atoms with van der Waals surface area (Å²) in [6.45, 7) is 5.43. The predicted octanol–water partition coefficient (Wildman–Crippen LogP) is 7.22. The van der Waals surface area contributed by atoms with Crippen molar-refractivity contribution in [2.45, 2.75) is 26.7 Å². The van der Waals surface area contributed by atoms with E-state index in [-0.39, 0.29) is 11.6 Å². The molecule has 0 aliphatic heterocycles. The number of fused-ring (bicyclic) bond motifs is 1. The van der Waals surface area contributed by atoms with E-state index in [2.05, 4.69) is 18.8 Å². The molecule has 0 atom stereocenters. The number of carbonyl (C=O) groups excluding carboxylic acids is 2. The van der Waals surface area contributed by atoms with Crippen molar-refractivity contribution in [2.75, 3.05) is 19.3 Å². The molecule has 0 aliphatic carbocycles. The lowest BCUT2D eigenvalue weighted by atomic mass is 9.95. The zero-order chi connectivity index (χ0) is 28.1. The Hall–Kier alpha value is -4.36. The van der Waals surface area contributed by atoms with Crippen LogP contribution >= 0.6 is 11.6 Å². The number of carbonyl (C=O) groups is 2. The number of pyridine rings is 1. The highest BCUT2D eigenvalue weighted by atomic mass is 35.5. The zero-order valence-corrected chi connectivity index (χ0v) is 23.2. The standard InChI is InChI=1S/C31H29ClN2O5/c1-19(2)22-11-12-28-26(16-22)31(25-8-6-7-9-27(25)32)29(18-33-28)34(39-20(3)35)30(36)13-10-21-14-23(37-4)17-24(15-21)38-5/h6-19H,1-5H3. The van der Waals surface area contributed by atoms with Crippen LogP contribution in [-0.2, 0) is 14.4 Å². The highest BCUT2D eigenvalue weighted by Gasteiger charge is 2.25. The van der Waals surface area contributed by atoms with Crippen LogP contribution in [0.5, 0.6) is 11.5 Å². The van der Waals surface area contributed by atoms with E-state index in [4.69, 9.17) is 25.9 Å². The minimum atomic E-state index is -0.666. The highest BCUT2D eigenvalue weighted by Crippen LogP contribution is 2.41. The first-order valence-electron chi connectivity index (χ1n) is 12.3. The Bertz CT molecular complexity index is 1540. The molecule has 0 saturated heterocycles. The first-order valence-corrected chi connectivity index (χ1v) is 12.7. The van der Waals surface area contributed by atoms with Crippen molar-refractivity contribution in [3.63, 3.8) is 0 Å². The summed E-state index contributed by atoms with van der Waals surface area (Å²) in [4.78, 5) is 35.8. The van der Waals surface area contributed by atoms with Crippen LogP contribution in [0.3, 0.4) is 0 Å². The van der Waals surface area contributed by atoms with Crippen LogP contribution < -0.4 is 14.5 Å². The van der Waals surface area contributed by atoms with E-state index < -0.39 is 11.9 Å². The van der Waals surface area contributed by atoms with Crippen molar-refractivity contribution in [2.24, 2.45) is 0 Å². The molecule has 0 unspecified atom stereocenters. The van der Waals surface area contributed by atoms with Gasteiger partial charge >= 0.3 is 5.97 Å². The normalized spacial score (nSPS) is 11.2. The van der Waals surface area contributed by atoms with E-state index in [0.717, 1.165) is 16.0 Å². The lowest BCUT2D eigenvalue weighted by Crippen LogP contribution is -2.32. The summed E-state index contributed by atoms with van der Waals surface area (Å²) in [5, 5.41) is 2.21. The number of aromatic nitrogens is 1. The Morgan fingerprint density at radius 2 is 1.67 bits per heavy atom. The molecule has 0 N–H and O–H groups in total. The number of amides is 1. The first kappa shape index (κ1) is 27.7. The van der Waals surface area contributed by atoms with Gasteiger partial charge in [-0.2, -0.15) is 0 Å². The summed E-state index contributed by atoms with van der Waals surface area (Å²) < 4.78 is 10.6. The van der Waals surface area contributed by atoms with Gasteiger partial charge in [-0.3, -0.25) is 9.78 Å². The van der Waals surface area contributed by atoms with E-state index in [1.807, 2.05) is 36.4 Å². The van der Waals surface area contributed by atoms with Gasteiger partial charge in [0.25, 0.3) is 5.91 Å². The van der Waals surface area contributed by atoms with Gasteiger partial charge in [-0.25, -0.2) is 4.79 Å². The molecule has 0 bridgehead atoms. The Morgan fingerprint density at radius 1 is 0.974 bits per heavy atom. The van der Waals surface area contributed by atoms with Gasteiger partial charge < -0.3 is 14.3 Å². The molecule has 1 aromatic heterocycles. The zero-order valence-electron chi connectivity index (χ0n) is 22.4. The van der Waals surface area contributed by atoms with Crippen molar-refractivity contribution in [3.8, 4) is 22.6 Å². The van der Waals surface area contributed by atoms with Crippen molar-refractivity contribution in [1.29, 1.82) is 0 Å². The van der Waals surface area contributed by atoms with Crippen LogP contribution in [0.25, 0.3) is 28.1 Å². The Balaban J connectivity index is 1.90. The fraction of sp³-hybridized carbons (Fsp3) is 0.194. The minimum Gasteiger partial charge on any atom is -0.497 e. The number of halogens is 1. The Labute approximate surface area is 232 Å². The molecule has 39 heavy (non-hydrogen) atoms. The van der Waals surface area contributed by atoms with Crippen molar-refractivity contribution in [1.82, 2.24) is 4.98 Å². The maximum Gasteiger partial charge on any atom is 0.330 e. The molecule has 4 aromatic rings. The molecular formula is C31H29ClN2O5. The first-order chi connectivity index (χ1) is 18.7. The van der Waals surface area contributed by atoms with Crippen LogP contribution in [0.1, 0.15) is 37.8 Å². The summed E-state index contributed by atoms with van der Waals surface area (Å²) in [5.41, 5.74) is 4.05. The molecule has 1 amide bonds. The van der Waals surface area contributed by atoms with Gasteiger partial charge in [0.1, 0.15) is 17.2 Å². The molecule has 4 rings (SSSR count). The lowest BCUT2D eigenvalue weighted by molar-refractivity contribution is -0.147. The second-order valence-electron chi connectivity index (χ2n) is 9.12. The van der Waals surface area contributed by atoms with E-state index in [1.54, 1.807) is 44.6 Å². The van der Waals surface area contributed by atoms with Crippen LogP contribution in [0.15, 0.2) is 72.9 Å². The number of rotatable bonds is 7. The minimum absolute atomic E-state index is 0.256. The third-order valence-electron chi connectivity index (χ3n) is 6.11. The number of nitrogens with zero attached hydrogens (tertiary/aromatic N) is 2. The summed E-state index contributed by atoms with van der Waals surface area (Å²) in [5.74, 6) is 0.131. The SMILES string of the molecule is COc1cc(C=CC(=O)N(OC(C)=O)c2cnc3ccc(C(C)C)cc3c2-c2ccccc2Cl)cc(OC)c1. The molecule has 8 heteroatoms. The molecule has 0 aliphatic rings. The number of benzene rings is 3. The average Bonchev–Trinajstić information content (AvgIpc) is 2.93. The monoisotopic (exact) mass is 544 g/mol. The molecule has 0 radical (unpaired) electrons. The molecule has 1 heterocycles. The van der Waals surface area contributed by atoms with E-state index in [9.17, 15) is 9.59 Å². The Morgan fingerprint density at radius 3 is 2.28 bits per heavy atom. The third kappa shape index (κ3) is 6.21. The molecule has 200 valence electrons. The lowest BCUT2D eigenvalue weighted by Gasteiger charge is -2.23. The van der Waals surface area contributed by atoms with Gasteiger partial charge in [0.05, 0.1) is 25.9 Å². The maximum absolute atomic E-state index is 13.6. The van der Waals surface area contributed by atoms with Gasteiger partial charge in [-0.1, -0.05) is 49.7 Å². The predicted molar refractivity (Wildman–Crippen MR) is 154 cm³/mol. The smallest absolute Gasteiger partial charge is 0.330 e. The fourth-order valence-electron chi connectivity index (χ4n) is 4.16. The van der Waals surface area contributed by atoms with E-state index in [1.165, 1.54) is 19.2 Å². The van der Waals surface area contributed by atoms with Crippen LogP contribution in [0.2, 0.25) is 5.02 Å². The second-order valence-corrected chi connectivity index (χ2v) is 9.53. The second kappa shape index (κ2) is 12.0. The van der Waals surface area contributed by atoms with Crippen molar-refractivity contribution < 1.29 is 23.9 Å². The summed E-state index contributed by atoms with van der Waals surface area (Å²) in [6.07, 6.45) is 4.41. The van der Waals surface area contributed by atoms with E-state index in [0.29, 0.717) is 38.7 Å². The quantitative estimate of drug-likeness (QED) is 0.180. The molecule has 7 nitrogen and oxygen atoms in total. The molecular weight excluding hydrogens is 516 g/mol. The van der Waals surface area contributed by atoms with Gasteiger partial charge in [0, 0.05) is 40.6 Å². The van der Waals surface area contributed by atoms with Crippen LogP contribution in [0, 0.1) is 0 Å². The van der Waals surface area contributed by atoms with Crippen LogP contribution in [0.4, 0.5) is 5.69 Å². The van der Waals surface area contributed by atoms with Gasteiger partial charge in [0.2, 0.25) is 0 Å². The topological polar surface area (TPSA) is 78.0 Å². The van der Waals surface area contributed by atoms with Crippen molar-refractivity contribution >= 4 is 46.1 Å². The molecule has 0 saturated carbocycles. The number of anilines is 1. The summed E-state index contributed by atoms with van der Waals surface area (Å²) in [6, 6.07) is 18.5. The number of hydroxylamine groups is 1. The fourth-order valence-corrected chi connectivity index (χ4v) is 4.39. The molecule has 0 fully saturated rings. The van der Waals surface area contributed by atoms with Gasteiger partial charge in [-0.15, -0.1) is 5.06 Å². The maximum atomic E-state index is 13.6. The molecule has 3 aromatic carbocycles. The number of hydrogen-bond donors (Lipinski definition) is 0. The Kier molecular flexibility index (Phi) is 8.52. The number of ether oxygens (including phenoxy) is 2. The molecule has 0 spiro atoms. The highest BCUT2D eigenvalue weighted by molar-refractivity contribution is 6.34. The largest absolute Gasteiger partial charge is 0.497 e. The van der Waals surface area contributed by atoms with Crippen LogP contribution in [-0.4, -0.2) is 31.1 Å². The van der Waals surface area contributed by atoms with Crippen molar-refractivity contribution in [3.05, 3.63) is 89.1 Å². The van der Waals surface area contributed by atoms with E-state index >= 15 is 0 Å². The third-order valence-corrected chi connectivity index (χ3v) is 6.44. The average molecular weight is 545 g/mol. The number of hydrogen-bond acceptors (Lipinski definition) is 6.